The minimum absolute atomic E-state index is 0.166. The summed E-state index contributed by atoms with van der Waals surface area (Å²) in [7, 11) is 0. The Labute approximate surface area is 127 Å². The van der Waals surface area contributed by atoms with Gasteiger partial charge in [0.05, 0.1) is 0 Å². The molecule has 0 heterocycles. The lowest BCUT2D eigenvalue weighted by molar-refractivity contribution is -0.0498. The molecule has 0 saturated heterocycles. The van der Waals surface area contributed by atoms with Crippen molar-refractivity contribution in [2.45, 2.75) is 26.1 Å². The number of benzene rings is 2. The third-order valence-electron chi connectivity index (χ3n) is 3.13. The van der Waals surface area contributed by atoms with Crippen molar-refractivity contribution in [1.82, 2.24) is 5.32 Å². The molecule has 1 N–H and O–H groups in total. The van der Waals surface area contributed by atoms with Gasteiger partial charge in [-0.25, -0.2) is 0 Å². The largest absolute Gasteiger partial charge is 0.435 e. The summed E-state index contributed by atoms with van der Waals surface area (Å²) in [6, 6.07) is 14.4. The van der Waals surface area contributed by atoms with E-state index in [1.54, 1.807) is 12.1 Å². The first-order valence-corrected chi connectivity index (χ1v) is 6.95. The molecule has 0 aromatic heterocycles. The molecule has 0 radical (unpaired) electrons. The molecule has 0 spiro atoms. The Bertz CT molecular complexity index is 557. The third-order valence-corrected chi connectivity index (χ3v) is 3.38. The van der Waals surface area contributed by atoms with Gasteiger partial charge in [-0.05, 0) is 42.3 Å². The maximum Gasteiger partial charge on any atom is 0.387 e. The number of nitrogens with one attached hydrogen (secondary N) is 1. The van der Waals surface area contributed by atoms with Gasteiger partial charge in [-0.1, -0.05) is 35.9 Å². The van der Waals surface area contributed by atoms with Crippen molar-refractivity contribution in [2.24, 2.45) is 0 Å². The summed E-state index contributed by atoms with van der Waals surface area (Å²) in [6.45, 7) is -0.102. The molecule has 0 aliphatic rings. The van der Waals surface area contributed by atoms with Crippen LogP contribution >= 0.6 is 11.6 Å². The SMILES string of the molecule is C[C@H](NCc1ccc(OC(F)F)cc1)c1ccc(Cl)cc1. The van der Waals surface area contributed by atoms with E-state index in [0.717, 1.165) is 11.1 Å². The van der Waals surface area contributed by atoms with Crippen LogP contribution in [0.5, 0.6) is 5.75 Å². The van der Waals surface area contributed by atoms with E-state index in [0.29, 0.717) is 11.6 Å². The molecule has 0 aliphatic carbocycles. The summed E-state index contributed by atoms with van der Waals surface area (Å²) >= 11 is 5.85. The van der Waals surface area contributed by atoms with Crippen molar-refractivity contribution < 1.29 is 13.5 Å². The molecule has 21 heavy (non-hydrogen) atoms. The number of alkyl halides is 2. The zero-order valence-corrected chi connectivity index (χ0v) is 12.3. The van der Waals surface area contributed by atoms with Crippen LogP contribution in [-0.4, -0.2) is 6.61 Å². The molecule has 2 aromatic carbocycles. The Hall–Kier alpha value is -1.65. The van der Waals surface area contributed by atoms with Crippen LogP contribution in [0, 0.1) is 0 Å². The number of hydrogen-bond acceptors (Lipinski definition) is 2. The number of hydrogen-bond donors (Lipinski definition) is 1. The van der Waals surface area contributed by atoms with E-state index in [2.05, 4.69) is 17.0 Å². The fourth-order valence-corrected chi connectivity index (χ4v) is 2.05. The van der Waals surface area contributed by atoms with Crippen molar-refractivity contribution in [3.05, 3.63) is 64.7 Å². The van der Waals surface area contributed by atoms with E-state index < -0.39 is 6.61 Å². The van der Waals surface area contributed by atoms with Crippen molar-refractivity contribution in [2.75, 3.05) is 0 Å². The van der Waals surface area contributed by atoms with Crippen LogP contribution in [0.15, 0.2) is 48.5 Å². The van der Waals surface area contributed by atoms with Crippen molar-refractivity contribution >= 4 is 11.6 Å². The Morgan fingerprint density at radius 3 is 2.24 bits per heavy atom. The zero-order chi connectivity index (χ0) is 15.2. The van der Waals surface area contributed by atoms with E-state index in [-0.39, 0.29) is 11.8 Å². The smallest absolute Gasteiger partial charge is 0.387 e. The second-order valence-electron chi connectivity index (χ2n) is 4.68. The molecule has 0 unspecified atom stereocenters. The topological polar surface area (TPSA) is 21.3 Å². The van der Waals surface area contributed by atoms with Crippen LogP contribution in [0.4, 0.5) is 8.78 Å². The van der Waals surface area contributed by atoms with Gasteiger partial charge >= 0.3 is 6.61 Å². The molecule has 0 fully saturated rings. The summed E-state index contributed by atoms with van der Waals surface area (Å²) in [4.78, 5) is 0. The van der Waals surface area contributed by atoms with Crippen LogP contribution < -0.4 is 10.1 Å². The normalized spacial score (nSPS) is 12.4. The molecular weight excluding hydrogens is 296 g/mol. The maximum absolute atomic E-state index is 12.0. The van der Waals surface area contributed by atoms with Crippen LogP contribution in [0.3, 0.4) is 0 Å². The van der Waals surface area contributed by atoms with Crippen LogP contribution in [0.2, 0.25) is 5.02 Å². The van der Waals surface area contributed by atoms with Gasteiger partial charge in [0.1, 0.15) is 5.75 Å². The van der Waals surface area contributed by atoms with Crippen molar-refractivity contribution in [3.63, 3.8) is 0 Å². The van der Waals surface area contributed by atoms with Crippen LogP contribution in [-0.2, 0) is 6.54 Å². The van der Waals surface area contributed by atoms with Crippen molar-refractivity contribution in [1.29, 1.82) is 0 Å². The lowest BCUT2D eigenvalue weighted by atomic mass is 10.1. The summed E-state index contributed by atoms with van der Waals surface area (Å²) in [5.41, 5.74) is 2.13. The Morgan fingerprint density at radius 1 is 1.05 bits per heavy atom. The summed E-state index contributed by atoms with van der Waals surface area (Å²) in [6.07, 6.45) is 0. The molecule has 0 saturated carbocycles. The van der Waals surface area contributed by atoms with Gasteiger partial charge in [0.25, 0.3) is 0 Å². The first-order chi connectivity index (χ1) is 10.0. The van der Waals surface area contributed by atoms with Gasteiger partial charge < -0.3 is 10.1 Å². The quantitative estimate of drug-likeness (QED) is 0.828. The molecule has 1 atom stereocenters. The Kier molecular flexibility index (Phi) is 5.53. The Morgan fingerprint density at radius 2 is 1.67 bits per heavy atom. The lowest BCUT2D eigenvalue weighted by Gasteiger charge is -2.14. The number of halogens is 3. The lowest BCUT2D eigenvalue weighted by Crippen LogP contribution is -2.17. The summed E-state index contributed by atoms with van der Waals surface area (Å²) in [5.74, 6) is 0.166. The van der Waals surface area contributed by atoms with Gasteiger partial charge in [0, 0.05) is 17.6 Å². The van der Waals surface area contributed by atoms with Crippen LogP contribution in [0.1, 0.15) is 24.1 Å². The summed E-state index contributed by atoms with van der Waals surface area (Å²) < 4.78 is 28.4. The minimum atomic E-state index is -2.79. The first kappa shape index (κ1) is 15.7. The van der Waals surface area contributed by atoms with E-state index >= 15 is 0 Å². The molecule has 2 nitrogen and oxygen atoms in total. The number of rotatable bonds is 6. The van der Waals surface area contributed by atoms with Gasteiger partial charge in [-0.3, -0.25) is 0 Å². The third kappa shape index (κ3) is 4.99. The van der Waals surface area contributed by atoms with Gasteiger partial charge in [0.15, 0.2) is 0 Å². The molecule has 112 valence electrons. The molecule has 5 heteroatoms. The standard InChI is InChI=1S/C16H16ClF2NO/c1-11(13-4-6-14(17)7-5-13)20-10-12-2-8-15(9-3-12)21-16(18)19/h2-9,11,16,20H,10H2,1H3/t11-/m0/s1. The highest BCUT2D eigenvalue weighted by Gasteiger charge is 2.06. The molecule has 0 aliphatic heterocycles. The molecular formula is C16H16ClF2NO. The number of ether oxygens (including phenoxy) is 1. The van der Waals surface area contributed by atoms with E-state index in [9.17, 15) is 8.78 Å². The zero-order valence-electron chi connectivity index (χ0n) is 11.5. The highest BCUT2D eigenvalue weighted by atomic mass is 35.5. The highest BCUT2D eigenvalue weighted by Crippen LogP contribution is 2.18. The molecule has 0 amide bonds. The van der Waals surface area contributed by atoms with Gasteiger partial charge in [-0.2, -0.15) is 8.78 Å². The Balaban J connectivity index is 1.88. The maximum atomic E-state index is 12.0. The second kappa shape index (κ2) is 7.38. The minimum Gasteiger partial charge on any atom is -0.435 e. The van der Waals surface area contributed by atoms with Crippen LogP contribution in [0.25, 0.3) is 0 Å². The average molecular weight is 312 g/mol. The average Bonchev–Trinajstić information content (AvgIpc) is 2.46. The van der Waals surface area contributed by atoms with Crippen molar-refractivity contribution in [3.8, 4) is 5.75 Å². The molecule has 2 rings (SSSR count). The van der Waals surface area contributed by atoms with Gasteiger partial charge in [0.2, 0.25) is 0 Å². The first-order valence-electron chi connectivity index (χ1n) is 6.57. The highest BCUT2D eigenvalue weighted by molar-refractivity contribution is 6.30. The fourth-order valence-electron chi connectivity index (χ4n) is 1.93. The predicted octanol–water partition coefficient (Wildman–Crippen LogP) is 4.79. The molecule has 2 aromatic rings. The monoisotopic (exact) mass is 311 g/mol. The van der Waals surface area contributed by atoms with Gasteiger partial charge in [-0.15, -0.1) is 0 Å². The summed E-state index contributed by atoms with van der Waals surface area (Å²) in [5, 5.41) is 4.07. The predicted molar refractivity (Wildman–Crippen MR) is 79.8 cm³/mol. The van der Waals surface area contributed by atoms with E-state index in [1.807, 2.05) is 24.3 Å². The van der Waals surface area contributed by atoms with E-state index in [4.69, 9.17) is 11.6 Å². The fraction of sp³-hybridized carbons (Fsp3) is 0.250. The van der Waals surface area contributed by atoms with E-state index in [1.165, 1.54) is 12.1 Å². The molecule has 0 bridgehead atoms. The second-order valence-corrected chi connectivity index (χ2v) is 5.11.